The third kappa shape index (κ3) is 4.02. The summed E-state index contributed by atoms with van der Waals surface area (Å²) in [6.45, 7) is 4.11. The zero-order valence-electron chi connectivity index (χ0n) is 12.1. The Morgan fingerprint density at radius 3 is 3.10 bits per heavy atom. The fourth-order valence-corrected chi connectivity index (χ4v) is 2.69. The van der Waals surface area contributed by atoms with Gasteiger partial charge in [-0.05, 0) is 50.1 Å². The van der Waals surface area contributed by atoms with Crippen LogP contribution >= 0.6 is 0 Å². The third-order valence-corrected chi connectivity index (χ3v) is 3.71. The van der Waals surface area contributed by atoms with Crippen LogP contribution in [0.5, 0.6) is 0 Å². The number of esters is 1. The van der Waals surface area contributed by atoms with Gasteiger partial charge in [-0.3, -0.25) is 9.69 Å². The van der Waals surface area contributed by atoms with E-state index in [0.717, 1.165) is 19.4 Å². The number of carbonyl (C=O) groups excluding carboxylic acids is 1. The van der Waals surface area contributed by atoms with E-state index in [4.69, 9.17) is 10.00 Å². The number of nitrogens with zero attached hydrogens (tertiary/aromatic N) is 2. The molecule has 1 unspecified atom stereocenters. The zero-order valence-corrected chi connectivity index (χ0v) is 12.1. The molecule has 1 heterocycles. The number of rotatable bonds is 4. The zero-order chi connectivity index (χ0) is 15.2. The molecule has 1 fully saturated rings. The molecule has 112 valence electrons. The van der Waals surface area contributed by atoms with Crippen molar-refractivity contribution in [2.24, 2.45) is 5.92 Å². The molecule has 2 rings (SSSR count). The highest BCUT2D eigenvalue weighted by Crippen LogP contribution is 2.21. The first-order chi connectivity index (χ1) is 10.1. The van der Waals surface area contributed by atoms with Crippen LogP contribution in [0.3, 0.4) is 0 Å². The lowest BCUT2D eigenvalue weighted by atomic mass is 9.97. The van der Waals surface area contributed by atoms with Gasteiger partial charge in [-0.15, -0.1) is 0 Å². The number of carbonyl (C=O) groups is 1. The van der Waals surface area contributed by atoms with Gasteiger partial charge in [0.1, 0.15) is 5.82 Å². The van der Waals surface area contributed by atoms with E-state index in [-0.39, 0.29) is 17.7 Å². The third-order valence-electron chi connectivity index (χ3n) is 3.71. The number of piperidine rings is 1. The molecular weight excluding hydrogens is 271 g/mol. The first-order valence-electron chi connectivity index (χ1n) is 7.21. The second-order valence-electron chi connectivity index (χ2n) is 5.24. The van der Waals surface area contributed by atoms with E-state index in [1.165, 1.54) is 18.2 Å². The lowest BCUT2D eigenvalue weighted by molar-refractivity contribution is -0.150. The molecule has 0 saturated carbocycles. The second kappa shape index (κ2) is 7.19. The van der Waals surface area contributed by atoms with Crippen molar-refractivity contribution < 1.29 is 13.9 Å². The van der Waals surface area contributed by atoms with Gasteiger partial charge in [0.25, 0.3) is 0 Å². The Morgan fingerprint density at radius 1 is 1.57 bits per heavy atom. The number of benzene rings is 1. The highest BCUT2D eigenvalue weighted by molar-refractivity contribution is 5.72. The molecule has 1 saturated heterocycles. The van der Waals surface area contributed by atoms with Crippen molar-refractivity contribution in [2.45, 2.75) is 26.3 Å². The van der Waals surface area contributed by atoms with Crippen LogP contribution in [0.25, 0.3) is 0 Å². The Morgan fingerprint density at radius 2 is 2.38 bits per heavy atom. The normalized spacial score (nSPS) is 19.0. The standard InChI is InChI=1S/C16H19FN2O2/c1-2-21-16(20)13-4-3-7-19(10-13)11-14-8-15(17)6-5-12(14)9-18/h5-6,8,13H,2-4,7,10-11H2,1H3. The van der Waals surface area contributed by atoms with Gasteiger partial charge >= 0.3 is 5.97 Å². The van der Waals surface area contributed by atoms with Crippen LogP contribution in [0.4, 0.5) is 4.39 Å². The first kappa shape index (κ1) is 15.5. The van der Waals surface area contributed by atoms with Gasteiger partial charge in [0.2, 0.25) is 0 Å². The van der Waals surface area contributed by atoms with Crippen LogP contribution in [0, 0.1) is 23.1 Å². The van der Waals surface area contributed by atoms with Crippen molar-refractivity contribution >= 4 is 5.97 Å². The summed E-state index contributed by atoms with van der Waals surface area (Å²) in [5, 5.41) is 9.08. The molecule has 0 aliphatic carbocycles. The van der Waals surface area contributed by atoms with E-state index >= 15 is 0 Å². The predicted octanol–water partition coefficient (Wildman–Crippen LogP) is 2.47. The maximum atomic E-state index is 13.3. The van der Waals surface area contributed by atoms with E-state index in [0.29, 0.717) is 30.8 Å². The second-order valence-corrected chi connectivity index (χ2v) is 5.24. The SMILES string of the molecule is CCOC(=O)C1CCCN(Cc2cc(F)ccc2C#N)C1. The molecule has 1 aliphatic rings. The molecule has 4 nitrogen and oxygen atoms in total. The Kier molecular flexibility index (Phi) is 5.29. The molecule has 0 aromatic heterocycles. The van der Waals surface area contributed by atoms with Crippen molar-refractivity contribution in [3.8, 4) is 6.07 Å². The van der Waals surface area contributed by atoms with Gasteiger partial charge < -0.3 is 4.74 Å². The van der Waals surface area contributed by atoms with Crippen molar-refractivity contribution in [1.82, 2.24) is 4.90 Å². The Hall–Kier alpha value is -1.93. The highest BCUT2D eigenvalue weighted by atomic mass is 19.1. The molecular formula is C16H19FN2O2. The molecule has 1 atom stereocenters. The maximum absolute atomic E-state index is 13.3. The first-order valence-corrected chi connectivity index (χ1v) is 7.21. The Bertz CT molecular complexity index is 554. The number of hydrogen-bond donors (Lipinski definition) is 0. The van der Waals surface area contributed by atoms with Crippen LogP contribution in [0.2, 0.25) is 0 Å². The summed E-state index contributed by atoms with van der Waals surface area (Å²) >= 11 is 0. The molecule has 1 aliphatic heterocycles. The molecule has 1 aromatic rings. The fourth-order valence-electron chi connectivity index (χ4n) is 2.69. The van der Waals surface area contributed by atoms with Crippen molar-refractivity contribution in [2.75, 3.05) is 19.7 Å². The van der Waals surface area contributed by atoms with E-state index in [9.17, 15) is 9.18 Å². The van der Waals surface area contributed by atoms with E-state index in [2.05, 4.69) is 11.0 Å². The quantitative estimate of drug-likeness (QED) is 0.799. The van der Waals surface area contributed by atoms with Gasteiger partial charge in [-0.25, -0.2) is 4.39 Å². The van der Waals surface area contributed by atoms with E-state index in [1.807, 2.05) is 0 Å². The van der Waals surface area contributed by atoms with Crippen LogP contribution < -0.4 is 0 Å². The number of likely N-dealkylation sites (tertiary alicyclic amines) is 1. The van der Waals surface area contributed by atoms with Gasteiger partial charge in [-0.1, -0.05) is 0 Å². The average molecular weight is 290 g/mol. The molecule has 0 amide bonds. The minimum absolute atomic E-state index is 0.127. The summed E-state index contributed by atoms with van der Waals surface area (Å²) in [5.41, 5.74) is 1.15. The number of halogens is 1. The molecule has 5 heteroatoms. The largest absolute Gasteiger partial charge is 0.466 e. The molecule has 0 N–H and O–H groups in total. The molecule has 21 heavy (non-hydrogen) atoms. The summed E-state index contributed by atoms with van der Waals surface area (Å²) in [7, 11) is 0. The van der Waals surface area contributed by atoms with Gasteiger partial charge in [0.15, 0.2) is 0 Å². The molecule has 0 radical (unpaired) electrons. The summed E-state index contributed by atoms with van der Waals surface area (Å²) < 4.78 is 18.4. The van der Waals surface area contributed by atoms with Crippen molar-refractivity contribution in [3.05, 3.63) is 35.1 Å². The fraction of sp³-hybridized carbons (Fsp3) is 0.500. The van der Waals surface area contributed by atoms with Crippen molar-refractivity contribution in [1.29, 1.82) is 5.26 Å². The lowest BCUT2D eigenvalue weighted by Crippen LogP contribution is -2.39. The minimum atomic E-state index is -0.344. The molecule has 0 bridgehead atoms. The minimum Gasteiger partial charge on any atom is -0.466 e. The number of nitriles is 1. The maximum Gasteiger partial charge on any atom is 0.310 e. The van der Waals surface area contributed by atoms with E-state index in [1.54, 1.807) is 6.92 Å². The lowest BCUT2D eigenvalue weighted by Gasteiger charge is -2.31. The van der Waals surface area contributed by atoms with Gasteiger partial charge in [0, 0.05) is 13.1 Å². The topological polar surface area (TPSA) is 53.3 Å². The van der Waals surface area contributed by atoms with Crippen LogP contribution in [-0.4, -0.2) is 30.6 Å². The smallest absolute Gasteiger partial charge is 0.310 e. The summed E-state index contributed by atoms with van der Waals surface area (Å²) in [5.74, 6) is -0.636. The van der Waals surface area contributed by atoms with Crippen molar-refractivity contribution in [3.63, 3.8) is 0 Å². The summed E-state index contributed by atoms with van der Waals surface area (Å²) in [6.07, 6.45) is 1.73. The molecule has 0 spiro atoms. The number of ether oxygens (including phenoxy) is 1. The van der Waals surface area contributed by atoms with E-state index < -0.39 is 0 Å². The van der Waals surface area contributed by atoms with Crippen LogP contribution in [0.15, 0.2) is 18.2 Å². The van der Waals surface area contributed by atoms with Crippen LogP contribution in [-0.2, 0) is 16.1 Å². The summed E-state index contributed by atoms with van der Waals surface area (Å²) in [4.78, 5) is 13.9. The Balaban J connectivity index is 2.04. The highest BCUT2D eigenvalue weighted by Gasteiger charge is 2.27. The average Bonchev–Trinajstić information content (AvgIpc) is 2.48. The van der Waals surface area contributed by atoms with Gasteiger partial charge in [-0.2, -0.15) is 5.26 Å². The number of hydrogen-bond acceptors (Lipinski definition) is 4. The summed E-state index contributed by atoms with van der Waals surface area (Å²) in [6, 6.07) is 6.27. The molecule has 1 aromatic carbocycles. The van der Waals surface area contributed by atoms with Crippen LogP contribution in [0.1, 0.15) is 30.9 Å². The van der Waals surface area contributed by atoms with Gasteiger partial charge in [0.05, 0.1) is 24.2 Å². The Labute approximate surface area is 124 Å². The predicted molar refractivity (Wildman–Crippen MR) is 75.7 cm³/mol. The monoisotopic (exact) mass is 290 g/mol.